The molecule has 3 nitrogen and oxygen atoms in total. The van der Waals surface area contributed by atoms with Crippen molar-refractivity contribution in [1.82, 2.24) is 5.32 Å². The first-order chi connectivity index (χ1) is 9.79. The van der Waals surface area contributed by atoms with Crippen molar-refractivity contribution in [2.45, 2.75) is 31.7 Å². The van der Waals surface area contributed by atoms with E-state index in [4.69, 9.17) is 5.73 Å². The van der Waals surface area contributed by atoms with Crippen molar-refractivity contribution < 1.29 is 4.79 Å². The average molecular weight is 270 g/mol. The standard InChI is InChI=1S/C17H22N2O/c18-8-7-10-3-1-2-4-13(10)17(20)19-16-14-11-5-6-12(9-11)15(14)16/h1-4,11-12,14-16H,5-9,18H2,(H,19,20). The molecule has 3 heteroatoms. The number of nitrogens with two attached hydrogens (primary N) is 1. The highest BCUT2D eigenvalue weighted by Crippen LogP contribution is 2.65. The van der Waals surface area contributed by atoms with E-state index in [1.165, 1.54) is 19.3 Å². The molecule has 0 radical (unpaired) electrons. The van der Waals surface area contributed by atoms with Crippen LogP contribution in [0, 0.1) is 23.7 Å². The zero-order valence-corrected chi connectivity index (χ0v) is 11.7. The van der Waals surface area contributed by atoms with Crippen LogP contribution in [-0.4, -0.2) is 18.5 Å². The van der Waals surface area contributed by atoms with Gasteiger partial charge in [-0.2, -0.15) is 0 Å². The maximum atomic E-state index is 12.5. The molecule has 3 saturated carbocycles. The monoisotopic (exact) mass is 270 g/mol. The third-order valence-electron chi connectivity index (χ3n) is 5.71. The second-order valence-corrected chi connectivity index (χ2v) is 6.68. The SMILES string of the molecule is NCCc1ccccc1C(=O)NC1C2C3CCC(C3)C12. The smallest absolute Gasteiger partial charge is 0.251 e. The number of carbonyl (C=O) groups excluding carboxylic acids is 1. The number of rotatable bonds is 4. The first kappa shape index (κ1) is 12.4. The van der Waals surface area contributed by atoms with E-state index in [1.54, 1.807) is 0 Å². The number of fused-ring (bicyclic) bond motifs is 5. The fourth-order valence-corrected chi connectivity index (χ4v) is 4.86. The van der Waals surface area contributed by atoms with Crippen molar-refractivity contribution in [3.8, 4) is 0 Å². The maximum absolute atomic E-state index is 12.5. The average Bonchev–Trinajstić information content (AvgIpc) is 2.85. The quantitative estimate of drug-likeness (QED) is 0.879. The molecule has 1 amide bonds. The lowest BCUT2D eigenvalue weighted by Crippen LogP contribution is -2.30. The number of hydrogen-bond donors (Lipinski definition) is 2. The van der Waals surface area contributed by atoms with E-state index in [0.29, 0.717) is 12.6 Å². The van der Waals surface area contributed by atoms with Crippen molar-refractivity contribution in [3.05, 3.63) is 35.4 Å². The van der Waals surface area contributed by atoms with Gasteiger partial charge in [0.15, 0.2) is 0 Å². The first-order valence-electron chi connectivity index (χ1n) is 7.88. The van der Waals surface area contributed by atoms with Crippen LogP contribution in [0.5, 0.6) is 0 Å². The number of nitrogens with one attached hydrogen (secondary N) is 1. The van der Waals surface area contributed by atoms with Gasteiger partial charge in [0.05, 0.1) is 0 Å². The normalized spacial score (nSPS) is 36.8. The Kier molecular flexibility index (Phi) is 2.84. The lowest BCUT2D eigenvalue weighted by Gasteiger charge is -2.12. The molecule has 4 unspecified atom stereocenters. The predicted octanol–water partition coefficient (Wildman–Crippen LogP) is 1.96. The Morgan fingerprint density at radius 1 is 1.20 bits per heavy atom. The topological polar surface area (TPSA) is 55.1 Å². The molecule has 0 aromatic heterocycles. The largest absolute Gasteiger partial charge is 0.349 e. The number of carbonyl (C=O) groups is 1. The Morgan fingerprint density at radius 3 is 2.60 bits per heavy atom. The van der Waals surface area contributed by atoms with Crippen LogP contribution >= 0.6 is 0 Å². The summed E-state index contributed by atoms with van der Waals surface area (Å²) in [6.45, 7) is 0.586. The highest BCUT2D eigenvalue weighted by atomic mass is 16.1. The number of amides is 1. The van der Waals surface area contributed by atoms with Gasteiger partial charge >= 0.3 is 0 Å². The van der Waals surface area contributed by atoms with Gasteiger partial charge in [0, 0.05) is 11.6 Å². The van der Waals surface area contributed by atoms with Crippen LogP contribution in [0.2, 0.25) is 0 Å². The molecule has 0 saturated heterocycles. The fraction of sp³-hybridized carbons (Fsp3) is 0.588. The van der Waals surface area contributed by atoms with E-state index >= 15 is 0 Å². The van der Waals surface area contributed by atoms with Crippen LogP contribution in [0.4, 0.5) is 0 Å². The molecule has 0 heterocycles. The van der Waals surface area contributed by atoms with Crippen LogP contribution in [0.3, 0.4) is 0 Å². The molecule has 20 heavy (non-hydrogen) atoms. The molecule has 3 fully saturated rings. The lowest BCUT2D eigenvalue weighted by atomic mass is 10.0. The van der Waals surface area contributed by atoms with Gasteiger partial charge in [0.2, 0.25) is 0 Å². The molecule has 4 rings (SSSR count). The molecular formula is C17H22N2O. The molecule has 3 aliphatic rings. The minimum Gasteiger partial charge on any atom is -0.349 e. The lowest BCUT2D eigenvalue weighted by molar-refractivity contribution is 0.0943. The summed E-state index contributed by atoms with van der Waals surface area (Å²) in [5.74, 6) is 3.48. The minimum atomic E-state index is 0.104. The third kappa shape index (κ3) is 1.80. The van der Waals surface area contributed by atoms with Crippen molar-refractivity contribution in [1.29, 1.82) is 0 Å². The van der Waals surface area contributed by atoms with Gasteiger partial charge in [-0.3, -0.25) is 4.79 Å². The van der Waals surface area contributed by atoms with Crippen LogP contribution in [-0.2, 0) is 6.42 Å². The van der Waals surface area contributed by atoms with Gasteiger partial charge in [0.1, 0.15) is 0 Å². The van der Waals surface area contributed by atoms with E-state index in [9.17, 15) is 4.79 Å². The van der Waals surface area contributed by atoms with E-state index in [0.717, 1.165) is 41.2 Å². The molecule has 0 spiro atoms. The molecule has 106 valence electrons. The van der Waals surface area contributed by atoms with Crippen molar-refractivity contribution in [2.75, 3.05) is 6.54 Å². The van der Waals surface area contributed by atoms with E-state index in [-0.39, 0.29) is 5.91 Å². The van der Waals surface area contributed by atoms with Gasteiger partial charge in [0.25, 0.3) is 5.91 Å². The van der Waals surface area contributed by atoms with E-state index < -0.39 is 0 Å². The summed E-state index contributed by atoms with van der Waals surface area (Å²) in [5, 5.41) is 3.29. The maximum Gasteiger partial charge on any atom is 0.251 e. The molecule has 2 bridgehead atoms. The van der Waals surface area contributed by atoms with Crippen molar-refractivity contribution in [3.63, 3.8) is 0 Å². The molecule has 3 N–H and O–H groups in total. The highest BCUT2D eigenvalue weighted by Gasteiger charge is 2.65. The molecule has 3 aliphatic carbocycles. The van der Waals surface area contributed by atoms with Crippen LogP contribution < -0.4 is 11.1 Å². The third-order valence-corrected chi connectivity index (χ3v) is 5.71. The Hall–Kier alpha value is -1.35. The van der Waals surface area contributed by atoms with E-state index in [1.807, 2.05) is 24.3 Å². The minimum absolute atomic E-state index is 0.104. The summed E-state index contributed by atoms with van der Waals surface area (Å²) < 4.78 is 0. The number of benzene rings is 1. The Balaban J connectivity index is 1.47. The fourth-order valence-electron chi connectivity index (χ4n) is 4.86. The zero-order valence-electron chi connectivity index (χ0n) is 11.7. The molecular weight excluding hydrogens is 248 g/mol. The van der Waals surface area contributed by atoms with Crippen molar-refractivity contribution >= 4 is 5.91 Å². The summed E-state index contributed by atoms with van der Waals surface area (Å²) in [4.78, 5) is 12.5. The van der Waals surface area contributed by atoms with Gasteiger partial charge < -0.3 is 11.1 Å². The summed E-state index contributed by atoms with van der Waals surface area (Å²) in [5.41, 5.74) is 7.52. The zero-order chi connectivity index (χ0) is 13.7. The molecule has 1 aromatic carbocycles. The molecule has 1 aromatic rings. The molecule has 4 atom stereocenters. The van der Waals surface area contributed by atoms with Crippen LogP contribution in [0.25, 0.3) is 0 Å². The summed E-state index contributed by atoms with van der Waals surface area (Å²) in [6.07, 6.45) is 4.97. The van der Waals surface area contributed by atoms with Gasteiger partial charge in [-0.25, -0.2) is 0 Å². The van der Waals surface area contributed by atoms with Gasteiger partial charge in [-0.05, 0) is 67.5 Å². The Bertz CT molecular complexity index is 526. The van der Waals surface area contributed by atoms with Crippen LogP contribution in [0.15, 0.2) is 24.3 Å². The molecule has 0 aliphatic heterocycles. The Labute approximate surface area is 119 Å². The Morgan fingerprint density at radius 2 is 1.90 bits per heavy atom. The van der Waals surface area contributed by atoms with Crippen LogP contribution in [0.1, 0.15) is 35.2 Å². The van der Waals surface area contributed by atoms with E-state index in [2.05, 4.69) is 5.32 Å². The summed E-state index contributed by atoms with van der Waals surface area (Å²) >= 11 is 0. The van der Waals surface area contributed by atoms with Gasteiger partial charge in [-0.1, -0.05) is 18.2 Å². The van der Waals surface area contributed by atoms with Crippen molar-refractivity contribution in [2.24, 2.45) is 29.4 Å². The second-order valence-electron chi connectivity index (χ2n) is 6.68. The number of hydrogen-bond acceptors (Lipinski definition) is 2. The second kappa shape index (κ2) is 4.59. The summed E-state index contributed by atoms with van der Waals surface area (Å²) in [7, 11) is 0. The highest BCUT2D eigenvalue weighted by molar-refractivity contribution is 5.96. The predicted molar refractivity (Wildman–Crippen MR) is 78.3 cm³/mol. The van der Waals surface area contributed by atoms with Gasteiger partial charge in [-0.15, -0.1) is 0 Å². The first-order valence-corrected chi connectivity index (χ1v) is 7.88. The summed E-state index contributed by atoms with van der Waals surface area (Å²) in [6, 6.07) is 8.31.